The third-order valence-electron chi connectivity index (χ3n) is 2.88. The van der Waals surface area contributed by atoms with Crippen LogP contribution in [0.4, 0.5) is 18.9 Å². The number of halogens is 4. The second-order valence-corrected chi connectivity index (χ2v) is 4.42. The van der Waals surface area contributed by atoms with E-state index in [-0.39, 0.29) is 11.1 Å². The van der Waals surface area contributed by atoms with E-state index in [4.69, 9.17) is 11.6 Å². The lowest BCUT2D eigenvalue weighted by atomic mass is 10.0. The lowest BCUT2D eigenvalue weighted by Gasteiger charge is -2.26. The van der Waals surface area contributed by atoms with Gasteiger partial charge in [0.15, 0.2) is 0 Å². The minimum absolute atomic E-state index is 0.166. The first-order valence-electron chi connectivity index (χ1n) is 5.17. The van der Waals surface area contributed by atoms with Crippen LogP contribution in [0.15, 0.2) is 28.2 Å². The van der Waals surface area contributed by atoms with Gasteiger partial charge in [0.05, 0.1) is 5.69 Å². The summed E-state index contributed by atoms with van der Waals surface area (Å²) in [5, 5.41) is -0.337. The number of nitrogens with zero attached hydrogens (tertiary/aromatic N) is 3. The first-order valence-corrected chi connectivity index (χ1v) is 5.55. The molecule has 0 bridgehead atoms. The summed E-state index contributed by atoms with van der Waals surface area (Å²) in [6.45, 7) is 1.72. The lowest BCUT2D eigenvalue weighted by molar-refractivity contribution is -0.0788. The summed E-state index contributed by atoms with van der Waals surface area (Å²) in [6.07, 6.45) is -2.61. The Balaban J connectivity index is 2.29. The number of aryl methyl sites for hydroxylation is 1. The molecule has 7 heteroatoms. The Morgan fingerprint density at radius 1 is 1.39 bits per heavy atom. The highest BCUT2D eigenvalue weighted by Crippen LogP contribution is 2.41. The van der Waals surface area contributed by atoms with Gasteiger partial charge in [-0.25, -0.2) is 9.38 Å². The molecule has 0 spiro atoms. The van der Waals surface area contributed by atoms with Crippen LogP contribution in [-0.2, 0) is 0 Å². The number of amidine groups is 2. The van der Waals surface area contributed by atoms with E-state index in [1.165, 1.54) is 0 Å². The number of hydrogen-bond donors (Lipinski definition) is 0. The van der Waals surface area contributed by atoms with Gasteiger partial charge in [-0.3, -0.25) is 4.90 Å². The van der Waals surface area contributed by atoms with E-state index in [1.54, 1.807) is 25.1 Å². The maximum atomic E-state index is 13.6. The van der Waals surface area contributed by atoms with Crippen molar-refractivity contribution in [2.75, 3.05) is 0 Å². The second kappa shape index (κ2) is 3.47. The molecular formula is C11H7ClF3N3. The Bertz CT molecular complexity index is 597. The molecule has 1 aromatic rings. The van der Waals surface area contributed by atoms with E-state index in [0.29, 0.717) is 21.7 Å². The van der Waals surface area contributed by atoms with Crippen LogP contribution in [0.1, 0.15) is 11.1 Å². The van der Waals surface area contributed by atoms with Crippen LogP contribution in [0, 0.1) is 6.92 Å². The van der Waals surface area contributed by atoms with E-state index in [0.717, 1.165) is 0 Å². The molecule has 1 unspecified atom stereocenters. The normalized spacial score (nSPS) is 24.3. The highest BCUT2D eigenvalue weighted by Gasteiger charge is 2.54. The van der Waals surface area contributed by atoms with Crippen molar-refractivity contribution in [2.24, 2.45) is 9.98 Å². The summed E-state index contributed by atoms with van der Waals surface area (Å²) in [6, 6.07) is 1.25. The summed E-state index contributed by atoms with van der Waals surface area (Å²) in [5.41, 5.74) is 1.50. The first-order chi connectivity index (χ1) is 8.42. The molecule has 0 N–H and O–H groups in total. The van der Waals surface area contributed by atoms with Gasteiger partial charge in [-0.15, -0.1) is 0 Å². The second-order valence-electron chi connectivity index (χ2n) is 4.08. The van der Waals surface area contributed by atoms with Gasteiger partial charge in [-0.1, -0.05) is 12.1 Å². The van der Waals surface area contributed by atoms with E-state index < -0.39 is 12.3 Å². The molecule has 0 saturated carbocycles. The topological polar surface area (TPSA) is 28.0 Å². The van der Waals surface area contributed by atoms with E-state index in [1.807, 2.05) is 0 Å². The quantitative estimate of drug-likeness (QED) is 0.667. The van der Waals surface area contributed by atoms with E-state index in [9.17, 15) is 13.2 Å². The van der Waals surface area contributed by atoms with Crippen molar-refractivity contribution < 1.29 is 13.2 Å². The molecule has 18 heavy (non-hydrogen) atoms. The maximum Gasteiger partial charge on any atom is 0.393 e. The molecule has 0 saturated heterocycles. The van der Waals surface area contributed by atoms with Crippen molar-refractivity contribution in [2.45, 2.75) is 19.3 Å². The molecule has 0 radical (unpaired) electrons. The predicted octanol–water partition coefficient (Wildman–Crippen LogP) is 3.19. The van der Waals surface area contributed by atoms with Crippen LogP contribution in [0.3, 0.4) is 0 Å². The Morgan fingerprint density at radius 2 is 2.11 bits per heavy atom. The Labute approximate surface area is 106 Å². The van der Waals surface area contributed by atoms with Crippen molar-refractivity contribution in [3.05, 3.63) is 29.3 Å². The standard InChI is InChI=1S/C11H7ClF3N3/c1-5-3-2-4-6-7(5)8-17-11(14,15)9(13)18(8)10(12)16-6/h2-4,9H,1H3. The average Bonchev–Trinajstić information content (AvgIpc) is 2.50. The smallest absolute Gasteiger partial charge is 0.262 e. The minimum atomic E-state index is -3.81. The largest absolute Gasteiger partial charge is 0.393 e. The molecular weight excluding hydrogens is 267 g/mol. The molecule has 94 valence electrons. The Kier molecular flexibility index (Phi) is 2.22. The van der Waals surface area contributed by atoms with Gasteiger partial charge in [0.1, 0.15) is 5.84 Å². The van der Waals surface area contributed by atoms with Crippen LogP contribution >= 0.6 is 11.6 Å². The van der Waals surface area contributed by atoms with Crippen molar-refractivity contribution in [3.8, 4) is 0 Å². The molecule has 3 rings (SSSR count). The zero-order chi connectivity index (χ0) is 13.1. The summed E-state index contributed by atoms with van der Waals surface area (Å²) < 4.78 is 40.3. The third-order valence-corrected chi connectivity index (χ3v) is 3.15. The molecule has 2 heterocycles. The number of alkyl halides is 3. The predicted molar refractivity (Wildman–Crippen MR) is 62.3 cm³/mol. The highest BCUT2D eigenvalue weighted by atomic mass is 35.5. The number of benzene rings is 1. The minimum Gasteiger partial charge on any atom is -0.262 e. The molecule has 1 atom stereocenters. The summed E-state index contributed by atoms with van der Waals surface area (Å²) in [7, 11) is 0. The highest BCUT2D eigenvalue weighted by molar-refractivity contribution is 6.66. The molecule has 2 aliphatic heterocycles. The molecule has 0 aliphatic carbocycles. The monoisotopic (exact) mass is 273 g/mol. The third kappa shape index (κ3) is 1.38. The van der Waals surface area contributed by atoms with Gasteiger partial charge in [-0.05, 0) is 30.2 Å². The van der Waals surface area contributed by atoms with Crippen LogP contribution in [0.2, 0.25) is 0 Å². The van der Waals surface area contributed by atoms with Crippen LogP contribution in [-0.4, -0.2) is 28.4 Å². The molecule has 2 aliphatic rings. The Hall–Kier alpha value is -1.56. The number of rotatable bonds is 0. The van der Waals surface area contributed by atoms with E-state index in [2.05, 4.69) is 9.98 Å². The molecule has 3 nitrogen and oxygen atoms in total. The van der Waals surface area contributed by atoms with Crippen molar-refractivity contribution in [1.82, 2.24) is 4.90 Å². The number of fused-ring (bicyclic) bond motifs is 3. The fourth-order valence-electron chi connectivity index (χ4n) is 2.06. The van der Waals surface area contributed by atoms with Gasteiger partial charge in [0.25, 0.3) is 6.30 Å². The van der Waals surface area contributed by atoms with Crippen LogP contribution in [0.5, 0.6) is 0 Å². The maximum absolute atomic E-state index is 13.6. The van der Waals surface area contributed by atoms with Crippen molar-refractivity contribution in [3.63, 3.8) is 0 Å². The number of aliphatic imine (C=N–C) groups is 2. The summed E-state index contributed by atoms with van der Waals surface area (Å²) in [4.78, 5) is 7.69. The summed E-state index contributed by atoms with van der Waals surface area (Å²) in [5.74, 6) is -0.166. The zero-order valence-corrected chi connectivity index (χ0v) is 9.92. The van der Waals surface area contributed by atoms with Gasteiger partial charge in [-0.2, -0.15) is 13.8 Å². The lowest BCUT2D eigenvalue weighted by Crippen LogP contribution is -2.43. The van der Waals surface area contributed by atoms with Crippen molar-refractivity contribution >= 4 is 28.4 Å². The van der Waals surface area contributed by atoms with Gasteiger partial charge >= 0.3 is 6.05 Å². The SMILES string of the molecule is Cc1cccc2c1C1=NC(F)(F)C(F)N1C(Cl)=N2. The fourth-order valence-corrected chi connectivity index (χ4v) is 2.31. The first kappa shape index (κ1) is 11.5. The fraction of sp³-hybridized carbons (Fsp3) is 0.273. The van der Waals surface area contributed by atoms with E-state index >= 15 is 0 Å². The van der Waals surface area contributed by atoms with Gasteiger partial charge in [0, 0.05) is 5.56 Å². The van der Waals surface area contributed by atoms with Gasteiger partial charge < -0.3 is 0 Å². The molecule has 0 fully saturated rings. The Morgan fingerprint density at radius 3 is 2.83 bits per heavy atom. The molecule has 1 aromatic carbocycles. The van der Waals surface area contributed by atoms with Crippen LogP contribution in [0.25, 0.3) is 0 Å². The number of hydrogen-bond acceptors (Lipinski definition) is 3. The van der Waals surface area contributed by atoms with Crippen molar-refractivity contribution in [1.29, 1.82) is 0 Å². The molecule has 0 aromatic heterocycles. The average molecular weight is 274 g/mol. The summed E-state index contributed by atoms with van der Waals surface area (Å²) >= 11 is 5.74. The van der Waals surface area contributed by atoms with Crippen LogP contribution < -0.4 is 0 Å². The molecule has 0 amide bonds. The zero-order valence-electron chi connectivity index (χ0n) is 9.16. The van der Waals surface area contributed by atoms with Gasteiger partial charge in [0.2, 0.25) is 5.29 Å².